The van der Waals surface area contributed by atoms with E-state index in [1.165, 1.54) is 17.5 Å². The fourth-order valence-electron chi connectivity index (χ4n) is 3.52. The van der Waals surface area contributed by atoms with Crippen molar-refractivity contribution in [2.24, 2.45) is 5.92 Å². The lowest BCUT2D eigenvalue weighted by atomic mass is 9.83. The van der Waals surface area contributed by atoms with Gasteiger partial charge in [0.2, 0.25) is 0 Å². The quantitative estimate of drug-likeness (QED) is 0.905. The molecule has 0 aromatic heterocycles. The van der Waals surface area contributed by atoms with Crippen LogP contribution in [-0.2, 0) is 17.6 Å². The number of hydrogen-bond acceptors (Lipinski definition) is 3. The summed E-state index contributed by atoms with van der Waals surface area (Å²) in [5, 5.41) is 10.2. The van der Waals surface area contributed by atoms with Gasteiger partial charge in [-0.25, -0.2) is 0 Å². The molecule has 1 N–H and O–H groups in total. The van der Waals surface area contributed by atoms with Crippen LogP contribution in [0.5, 0.6) is 5.75 Å². The number of aliphatic hydroxyl groups is 1. The number of aliphatic hydroxyl groups excluding tert-OH is 1. The van der Waals surface area contributed by atoms with Gasteiger partial charge in [0.1, 0.15) is 11.9 Å². The number of rotatable bonds is 5. The van der Waals surface area contributed by atoms with Crippen molar-refractivity contribution in [1.29, 1.82) is 0 Å². The van der Waals surface area contributed by atoms with Crippen molar-refractivity contribution in [3.63, 3.8) is 0 Å². The molecule has 1 aromatic carbocycles. The molecule has 1 aromatic rings. The fourth-order valence-corrected chi connectivity index (χ4v) is 3.52. The Labute approximate surface area is 126 Å². The second-order valence-electron chi connectivity index (χ2n) is 6.35. The minimum atomic E-state index is -0.747. The molecule has 1 fully saturated rings. The number of Topliss-reactive ketones (excluding diaryl/α,β-unsaturated/α-hetero) is 1. The first-order valence-corrected chi connectivity index (χ1v) is 8.19. The summed E-state index contributed by atoms with van der Waals surface area (Å²) in [4.78, 5) is 12.2. The number of ether oxygens (including phenoxy) is 1. The number of hydrogen-bond donors (Lipinski definition) is 1. The first kappa shape index (κ1) is 14.6. The van der Waals surface area contributed by atoms with Crippen molar-refractivity contribution >= 4 is 5.78 Å². The number of carbonyl (C=O) groups is 1. The Bertz CT molecular complexity index is 503. The Morgan fingerprint density at radius 1 is 1.29 bits per heavy atom. The van der Waals surface area contributed by atoms with Gasteiger partial charge in [0.15, 0.2) is 5.78 Å². The first-order chi connectivity index (χ1) is 10.2. The molecular weight excluding hydrogens is 264 g/mol. The molecule has 1 saturated carbocycles. The minimum Gasteiger partial charge on any atom is -0.493 e. The number of benzene rings is 1. The Kier molecular flexibility index (Phi) is 4.59. The van der Waals surface area contributed by atoms with Crippen LogP contribution in [0.1, 0.15) is 49.7 Å². The molecule has 1 unspecified atom stereocenters. The van der Waals surface area contributed by atoms with Crippen molar-refractivity contribution in [1.82, 2.24) is 0 Å². The van der Waals surface area contributed by atoms with Crippen LogP contribution in [0.25, 0.3) is 0 Å². The Hall–Kier alpha value is -1.35. The molecule has 0 bridgehead atoms. The predicted molar refractivity (Wildman–Crippen MR) is 81.6 cm³/mol. The van der Waals surface area contributed by atoms with Crippen molar-refractivity contribution in [3.8, 4) is 5.75 Å². The Morgan fingerprint density at radius 3 is 2.90 bits per heavy atom. The molecule has 1 heterocycles. The lowest BCUT2D eigenvalue weighted by Gasteiger charge is -2.25. The summed E-state index contributed by atoms with van der Waals surface area (Å²) in [5.41, 5.74) is 2.41. The summed E-state index contributed by atoms with van der Waals surface area (Å²) in [6.45, 7) is 0.762. The minimum absolute atomic E-state index is 0.0126. The maximum atomic E-state index is 12.2. The van der Waals surface area contributed by atoms with E-state index in [-0.39, 0.29) is 11.7 Å². The first-order valence-electron chi connectivity index (χ1n) is 8.19. The fraction of sp³-hybridized carbons (Fsp3) is 0.611. The summed E-state index contributed by atoms with van der Waals surface area (Å²) < 4.78 is 5.49. The molecule has 3 rings (SSSR count). The molecule has 0 radical (unpaired) electrons. The Balaban J connectivity index is 1.53. The number of fused-ring (bicyclic) bond motifs is 1. The highest BCUT2D eigenvalue weighted by Gasteiger charge is 2.26. The van der Waals surface area contributed by atoms with Gasteiger partial charge in [-0.05, 0) is 42.4 Å². The van der Waals surface area contributed by atoms with Gasteiger partial charge in [-0.1, -0.05) is 31.4 Å². The second kappa shape index (κ2) is 6.61. The molecule has 1 aliphatic carbocycles. The zero-order valence-electron chi connectivity index (χ0n) is 12.5. The monoisotopic (exact) mass is 288 g/mol. The third-order valence-corrected chi connectivity index (χ3v) is 4.84. The zero-order valence-corrected chi connectivity index (χ0v) is 12.5. The van der Waals surface area contributed by atoms with Gasteiger partial charge < -0.3 is 9.84 Å². The van der Waals surface area contributed by atoms with Crippen molar-refractivity contribution in [3.05, 3.63) is 29.3 Å². The summed E-state index contributed by atoms with van der Waals surface area (Å²) in [7, 11) is 0. The number of carbonyl (C=O) groups excluding carboxylic acids is 1. The average Bonchev–Trinajstić information content (AvgIpc) is 3.00. The summed E-state index contributed by atoms with van der Waals surface area (Å²) in [6, 6.07) is 6.17. The number of aryl methyl sites for hydroxylation is 1. The van der Waals surface area contributed by atoms with Crippen LogP contribution in [0, 0.1) is 5.92 Å². The zero-order chi connectivity index (χ0) is 14.7. The van der Waals surface area contributed by atoms with Gasteiger partial charge in [-0.3, -0.25) is 4.79 Å². The molecule has 0 spiro atoms. The SMILES string of the molecule is O=C(CCc1ccc2c(c1)CCO2)C(O)C1CCCCC1. The van der Waals surface area contributed by atoms with E-state index in [1.54, 1.807) is 0 Å². The second-order valence-corrected chi connectivity index (χ2v) is 6.35. The third kappa shape index (κ3) is 3.46. The van der Waals surface area contributed by atoms with E-state index in [1.807, 2.05) is 12.1 Å². The van der Waals surface area contributed by atoms with E-state index >= 15 is 0 Å². The van der Waals surface area contributed by atoms with E-state index in [0.29, 0.717) is 6.42 Å². The van der Waals surface area contributed by atoms with Crippen LogP contribution >= 0.6 is 0 Å². The van der Waals surface area contributed by atoms with Gasteiger partial charge in [-0.2, -0.15) is 0 Å². The molecule has 1 atom stereocenters. The lowest BCUT2D eigenvalue weighted by molar-refractivity contribution is -0.130. The maximum Gasteiger partial charge on any atom is 0.161 e. The average molecular weight is 288 g/mol. The van der Waals surface area contributed by atoms with Crippen molar-refractivity contribution in [2.45, 2.75) is 57.5 Å². The third-order valence-electron chi connectivity index (χ3n) is 4.84. The standard InChI is InChI=1S/C18H24O3/c19-16(18(20)14-4-2-1-3-5-14)8-6-13-7-9-17-15(12-13)10-11-21-17/h7,9,12,14,18,20H,1-6,8,10-11H2. The maximum absolute atomic E-state index is 12.2. The van der Waals surface area contributed by atoms with Crippen LogP contribution in [-0.4, -0.2) is 23.6 Å². The normalized spacial score (nSPS) is 19.9. The highest BCUT2D eigenvalue weighted by Crippen LogP contribution is 2.28. The summed E-state index contributed by atoms with van der Waals surface area (Å²) in [6.07, 6.45) is 6.93. The van der Waals surface area contributed by atoms with Crippen LogP contribution in [0.4, 0.5) is 0 Å². The molecule has 3 heteroatoms. The Morgan fingerprint density at radius 2 is 2.10 bits per heavy atom. The summed E-state index contributed by atoms with van der Waals surface area (Å²) in [5.74, 6) is 1.19. The van der Waals surface area contributed by atoms with E-state index < -0.39 is 6.10 Å². The van der Waals surface area contributed by atoms with Gasteiger partial charge in [0.25, 0.3) is 0 Å². The van der Waals surface area contributed by atoms with E-state index in [9.17, 15) is 9.90 Å². The largest absolute Gasteiger partial charge is 0.493 e. The van der Waals surface area contributed by atoms with Crippen LogP contribution in [0.15, 0.2) is 18.2 Å². The molecule has 21 heavy (non-hydrogen) atoms. The lowest BCUT2D eigenvalue weighted by Crippen LogP contribution is -2.31. The van der Waals surface area contributed by atoms with Crippen molar-refractivity contribution < 1.29 is 14.6 Å². The van der Waals surface area contributed by atoms with E-state index in [4.69, 9.17) is 4.74 Å². The molecule has 1 aliphatic heterocycles. The predicted octanol–water partition coefficient (Wildman–Crippen LogP) is 3.06. The smallest absolute Gasteiger partial charge is 0.161 e. The highest BCUT2D eigenvalue weighted by molar-refractivity contribution is 5.83. The molecular formula is C18H24O3. The van der Waals surface area contributed by atoms with Gasteiger partial charge >= 0.3 is 0 Å². The van der Waals surface area contributed by atoms with Crippen molar-refractivity contribution in [2.75, 3.05) is 6.61 Å². The topological polar surface area (TPSA) is 46.5 Å². The van der Waals surface area contributed by atoms with Crippen LogP contribution < -0.4 is 4.74 Å². The van der Waals surface area contributed by atoms with E-state index in [0.717, 1.165) is 50.9 Å². The molecule has 0 amide bonds. The number of ketones is 1. The van der Waals surface area contributed by atoms with Gasteiger partial charge in [0, 0.05) is 12.8 Å². The molecule has 114 valence electrons. The van der Waals surface area contributed by atoms with Gasteiger partial charge in [0.05, 0.1) is 6.61 Å². The highest BCUT2D eigenvalue weighted by atomic mass is 16.5. The van der Waals surface area contributed by atoms with Crippen LogP contribution in [0.2, 0.25) is 0 Å². The molecule has 3 nitrogen and oxygen atoms in total. The van der Waals surface area contributed by atoms with Gasteiger partial charge in [-0.15, -0.1) is 0 Å². The van der Waals surface area contributed by atoms with E-state index in [2.05, 4.69) is 6.07 Å². The summed E-state index contributed by atoms with van der Waals surface area (Å²) >= 11 is 0. The van der Waals surface area contributed by atoms with Crippen LogP contribution in [0.3, 0.4) is 0 Å². The molecule has 2 aliphatic rings. The molecule has 0 saturated heterocycles.